The van der Waals surface area contributed by atoms with Crippen LogP contribution in [0.3, 0.4) is 0 Å². The summed E-state index contributed by atoms with van der Waals surface area (Å²) in [5.41, 5.74) is 2.22. The van der Waals surface area contributed by atoms with Crippen LogP contribution in [0.1, 0.15) is 32.1 Å². The first kappa shape index (κ1) is 12.2. The predicted octanol–water partition coefficient (Wildman–Crippen LogP) is 3.99. The van der Waals surface area contributed by atoms with Gasteiger partial charge in [-0.3, -0.25) is 0 Å². The van der Waals surface area contributed by atoms with Crippen LogP contribution in [0.4, 0.5) is 15.8 Å². The second kappa shape index (κ2) is 4.50. The Balaban J connectivity index is 1.77. The van der Waals surface area contributed by atoms with Crippen molar-refractivity contribution in [3.63, 3.8) is 0 Å². The average Bonchev–Trinajstić information content (AvgIpc) is 2.79. The topological polar surface area (TPSA) is 15.3 Å². The second-order valence-electron chi connectivity index (χ2n) is 6.07. The van der Waals surface area contributed by atoms with Crippen molar-refractivity contribution in [2.24, 2.45) is 5.92 Å². The van der Waals surface area contributed by atoms with Crippen LogP contribution in [-0.4, -0.2) is 18.6 Å². The molecule has 0 amide bonds. The Morgan fingerprint density at radius 3 is 3.00 bits per heavy atom. The summed E-state index contributed by atoms with van der Waals surface area (Å²) < 4.78 is 14.6. The highest BCUT2D eigenvalue weighted by atomic mass is 127. The third kappa shape index (κ3) is 1.86. The lowest BCUT2D eigenvalue weighted by atomic mass is 9.85. The highest BCUT2D eigenvalue weighted by Gasteiger charge is 2.44. The van der Waals surface area contributed by atoms with Crippen molar-refractivity contribution in [2.75, 3.05) is 16.8 Å². The molecule has 0 aromatic heterocycles. The Bertz CT molecular complexity index is 519. The number of halogens is 2. The van der Waals surface area contributed by atoms with E-state index in [-0.39, 0.29) is 5.82 Å². The molecule has 0 bridgehead atoms. The van der Waals surface area contributed by atoms with Gasteiger partial charge in [-0.15, -0.1) is 0 Å². The van der Waals surface area contributed by atoms with E-state index >= 15 is 0 Å². The number of fused-ring (bicyclic) bond motifs is 5. The van der Waals surface area contributed by atoms with Crippen LogP contribution in [0.25, 0.3) is 0 Å². The van der Waals surface area contributed by atoms with Gasteiger partial charge in [0.15, 0.2) is 0 Å². The molecule has 0 radical (unpaired) electrons. The second-order valence-corrected chi connectivity index (χ2v) is 7.24. The van der Waals surface area contributed by atoms with Crippen LogP contribution < -0.4 is 10.2 Å². The fourth-order valence-corrected chi connectivity index (χ4v) is 4.71. The van der Waals surface area contributed by atoms with Gasteiger partial charge in [0, 0.05) is 24.7 Å². The molecule has 3 unspecified atom stereocenters. The van der Waals surface area contributed by atoms with Crippen molar-refractivity contribution >= 4 is 34.0 Å². The lowest BCUT2D eigenvalue weighted by molar-refractivity contribution is 0.342. The summed E-state index contributed by atoms with van der Waals surface area (Å²) in [5.74, 6) is 0.745. The average molecular weight is 372 g/mol. The van der Waals surface area contributed by atoms with Gasteiger partial charge >= 0.3 is 0 Å². The minimum absolute atomic E-state index is 0.0824. The summed E-state index contributed by atoms with van der Waals surface area (Å²) in [4.78, 5) is 2.54. The zero-order valence-corrected chi connectivity index (χ0v) is 13.0. The molecule has 4 heteroatoms. The maximum Gasteiger partial charge on any atom is 0.138 e. The van der Waals surface area contributed by atoms with Crippen LogP contribution in [0, 0.1) is 15.3 Å². The lowest BCUT2D eigenvalue weighted by Gasteiger charge is -2.40. The summed E-state index contributed by atoms with van der Waals surface area (Å²) in [6.07, 6.45) is 6.64. The summed E-state index contributed by atoms with van der Waals surface area (Å²) in [5, 5.41) is 3.50. The van der Waals surface area contributed by atoms with Gasteiger partial charge in [0.2, 0.25) is 0 Å². The van der Waals surface area contributed by atoms with Crippen LogP contribution in [0.15, 0.2) is 12.1 Å². The molecule has 0 spiro atoms. The number of anilines is 2. The molecule has 2 nitrogen and oxygen atoms in total. The first-order valence-corrected chi connectivity index (χ1v) is 8.33. The smallest absolute Gasteiger partial charge is 0.138 e. The highest BCUT2D eigenvalue weighted by Crippen LogP contribution is 2.47. The van der Waals surface area contributed by atoms with Gasteiger partial charge < -0.3 is 10.2 Å². The molecule has 102 valence electrons. The summed E-state index contributed by atoms with van der Waals surface area (Å²) in [6.45, 7) is 1.02. The molecule has 1 aromatic carbocycles. The molecule has 2 heterocycles. The molecule has 2 fully saturated rings. The molecule has 1 aromatic rings. The molecule has 1 aliphatic carbocycles. The molecule has 1 saturated carbocycles. The molecule has 19 heavy (non-hydrogen) atoms. The van der Waals surface area contributed by atoms with E-state index in [2.05, 4.69) is 32.8 Å². The van der Waals surface area contributed by atoms with Crippen molar-refractivity contribution in [3.05, 3.63) is 21.5 Å². The van der Waals surface area contributed by atoms with E-state index in [1.807, 2.05) is 6.07 Å². The summed E-state index contributed by atoms with van der Waals surface area (Å²) in [7, 11) is 0. The maximum atomic E-state index is 13.9. The highest BCUT2D eigenvalue weighted by molar-refractivity contribution is 14.1. The van der Waals surface area contributed by atoms with E-state index < -0.39 is 0 Å². The SMILES string of the molecule is Fc1cc2c(cc1I)NCC1CC3CCCCC3N21. The third-order valence-corrected chi connectivity index (χ3v) is 5.87. The molecular formula is C15H18FIN2. The van der Waals surface area contributed by atoms with Gasteiger partial charge in [0.05, 0.1) is 14.9 Å². The minimum atomic E-state index is -0.0824. The fraction of sp³-hybridized carbons (Fsp3) is 0.600. The lowest BCUT2D eigenvalue weighted by Crippen LogP contribution is -2.45. The Kier molecular flexibility index (Phi) is 2.90. The first-order valence-electron chi connectivity index (χ1n) is 7.25. The number of hydrogen-bond donors (Lipinski definition) is 1. The van der Waals surface area contributed by atoms with Gasteiger partial charge in [-0.2, -0.15) is 0 Å². The van der Waals surface area contributed by atoms with Gasteiger partial charge in [0.25, 0.3) is 0 Å². The third-order valence-electron chi connectivity index (χ3n) is 5.04. The van der Waals surface area contributed by atoms with E-state index in [0.717, 1.165) is 23.8 Å². The van der Waals surface area contributed by atoms with Gasteiger partial charge in [-0.1, -0.05) is 12.8 Å². The van der Waals surface area contributed by atoms with Crippen LogP contribution in [0.2, 0.25) is 0 Å². The van der Waals surface area contributed by atoms with Gasteiger partial charge in [-0.25, -0.2) is 4.39 Å². The number of hydrogen-bond acceptors (Lipinski definition) is 2. The molecule has 3 atom stereocenters. The molecule has 3 aliphatic rings. The Morgan fingerprint density at radius 1 is 1.26 bits per heavy atom. The van der Waals surface area contributed by atoms with Gasteiger partial charge in [0.1, 0.15) is 5.82 Å². The Hall–Kier alpha value is -0.520. The van der Waals surface area contributed by atoms with Crippen LogP contribution >= 0.6 is 22.6 Å². The van der Waals surface area contributed by atoms with Crippen molar-refractivity contribution in [1.82, 2.24) is 0 Å². The number of benzene rings is 1. The standard InChI is InChI=1S/C15H18FIN2/c16-11-6-15-13(7-12(11)17)18-8-10-5-9-3-1-2-4-14(9)19(10)15/h6-7,9-10,14,18H,1-5,8H2. The van der Waals surface area contributed by atoms with E-state index in [4.69, 9.17) is 0 Å². The number of nitrogens with one attached hydrogen (secondary N) is 1. The summed E-state index contributed by atoms with van der Waals surface area (Å²) >= 11 is 2.07. The number of rotatable bonds is 0. The number of nitrogens with zero attached hydrogens (tertiary/aromatic N) is 1. The predicted molar refractivity (Wildman–Crippen MR) is 84.2 cm³/mol. The fourth-order valence-electron chi connectivity index (χ4n) is 4.24. The Labute approximate surface area is 126 Å². The van der Waals surface area contributed by atoms with Crippen LogP contribution in [-0.2, 0) is 0 Å². The molecule has 2 aliphatic heterocycles. The minimum Gasteiger partial charge on any atom is -0.381 e. The molecule has 4 rings (SSSR count). The molecule has 1 saturated heterocycles. The zero-order valence-electron chi connectivity index (χ0n) is 10.8. The van der Waals surface area contributed by atoms with Crippen molar-refractivity contribution in [2.45, 2.75) is 44.2 Å². The van der Waals surface area contributed by atoms with Crippen molar-refractivity contribution in [1.29, 1.82) is 0 Å². The summed E-state index contributed by atoms with van der Waals surface area (Å²) in [6, 6.07) is 4.92. The van der Waals surface area contributed by atoms with E-state index in [9.17, 15) is 4.39 Å². The van der Waals surface area contributed by atoms with E-state index in [1.54, 1.807) is 6.07 Å². The largest absolute Gasteiger partial charge is 0.381 e. The normalized spacial score (nSPS) is 32.3. The van der Waals surface area contributed by atoms with Crippen LogP contribution in [0.5, 0.6) is 0 Å². The first-order chi connectivity index (χ1) is 9.24. The molecular weight excluding hydrogens is 354 g/mol. The van der Waals surface area contributed by atoms with Crippen molar-refractivity contribution < 1.29 is 4.39 Å². The Morgan fingerprint density at radius 2 is 2.11 bits per heavy atom. The monoisotopic (exact) mass is 372 g/mol. The van der Waals surface area contributed by atoms with Crippen molar-refractivity contribution in [3.8, 4) is 0 Å². The van der Waals surface area contributed by atoms with E-state index in [0.29, 0.717) is 15.7 Å². The molecule has 1 N–H and O–H groups in total. The van der Waals surface area contributed by atoms with Gasteiger partial charge in [-0.05, 0) is 53.8 Å². The maximum absolute atomic E-state index is 13.9. The zero-order chi connectivity index (χ0) is 13.0. The van der Waals surface area contributed by atoms with E-state index in [1.165, 1.54) is 32.1 Å². The quantitative estimate of drug-likeness (QED) is 0.693.